The number of hydrogen-bond acceptors (Lipinski definition) is 5. The largest absolute Gasteiger partial charge is 0.381 e. The van der Waals surface area contributed by atoms with Crippen molar-refractivity contribution in [3.8, 4) is 17.1 Å². The number of thioether (sulfide) groups is 1. The lowest BCUT2D eigenvalue weighted by molar-refractivity contribution is 0.788. The number of nitrogens with zero attached hydrogens (tertiary/aromatic N) is 4. The summed E-state index contributed by atoms with van der Waals surface area (Å²) >= 11 is 5.09. The number of anilines is 1. The smallest absolute Gasteiger partial charge is 0.271 e. The third-order valence-electron chi connectivity index (χ3n) is 4.32. The Bertz CT molecular complexity index is 1200. The van der Waals surface area contributed by atoms with E-state index in [4.69, 9.17) is 10.7 Å². The summed E-state index contributed by atoms with van der Waals surface area (Å²) in [5.41, 5.74) is 7.76. The Morgan fingerprint density at radius 3 is 2.37 bits per heavy atom. The van der Waals surface area contributed by atoms with E-state index in [0.29, 0.717) is 22.5 Å². The SMILES string of the molecule is CSc1ccc(-c2nc3c(c(N)nn3C)c(=O)n2-c2ccc(Br)cc2)cc1. The van der Waals surface area contributed by atoms with Gasteiger partial charge in [-0.15, -0.1) is 11.8 Å². The zero-order chi connectivity index (χ0) is 19.1. The van der Waals surface area contributed by atoms with Crippen LogP contribution in [0.15, 0.2) is 62.7 Å². The van der Waals surface area contributed by atoms with Crippen LogP contribution < -0.4 is 11.3 Å². The lowest BCUT2D eigenvalue weighted by Gasteiger charge is -2.13. The minimum absolute atomic E-state index is 0.181. The number of nitrogen functional groups attached to an aromatic ring is 1. The summed E-state index contributed by atoms with van der Waals surface area (Å²) in [6.07, 6.45) is 2.02. The maximum absolute atomic E-state index is 13.3. The normalized spacial score (nSPS) is 11.2. The van der Waals surface area contributed by atoms with Crippen LogP contribution in [0.25, 0.3) is 28.1 Å². The quantitative estimate of drug-likeness (QED) is 0.488. The van der Waals surface area contributed by atoms with Gasteiger partial charge in [0.25, 0.3) is 5.56 Å². The molecule has 0 radical (unpaired) electrons. The van der Waals surface area contributed by atoms with E-state index < -0.39 is 0 Å². The topological polar surface area (TPSA) is 78.7 Å². The van der Waals surface area contributed by atoms with Gasteiger partial charge >= 0.3 is 0 Å². The fourth-order valence-corrected chi connectivity index (χ4v) is 3.66. The molecule has 0 saturated heterocycles. The fraction of sp³-hybridized carbons (Fsp3) is 0.105. The molecule has 4 aromatic rings. The van der Waals surface area contributed by atoms with Gasteiger partial charge in [-0.3, -0.25) is 9.36 Å². The van der Waals surface area contributed by atoms with E-state index >= 15 is 0 Å². The number of halogens is 1. The van der Waals surface area contributed by atoms with E-state index in [1.165, 1.54) is 4.68 Å². The first kappa shape index (κ1) is 17.8. The van der Waals surface area contributed by atoms with Crippen LogP contribution in [0.2, 0.25) is 0 Å². The van der Waals surface area contributed by atoms with Gasteiger partial charge in [-0.05, 0) is 42.7 Å². The summed E-state index contributed by atoms with van der Waals surface area (Å²) in [5.74, 6) is 0.727. The summed E-state index contributed by atoms with van der Waals surface area (Å²) < 4.78 is 4.05. The van der Waals surface area contributed by atoms with Gasteiger partial charge < -0.3 is 5.73 Å². The molecule has 0 bridgehead atoms. The molecule has 8 heteroatoms. The summed E-state index contributed by atoms with van der Waals surface area (Å²) in [4.78, 5) is 19.2. The van der Waals surface area contributed by atoms with E-state index in [1.807, 2.05) is 54.8 Å². The molecular weight excluding hydrogens is 426 g/mol. The van der Waals surface area contributed by atoms with Gasteiger partial charge in [-0.1, -0.05) is 28.1 Å². The van der Waals surface area contributed by atoms with Gasteiger partial charge in [-0.2, -0.15) is 5.10 Å². The second-order valence-electron chi connectivity index (χ2n) is 5.99. The van der Waals surface area contributed by atoms with E-state index in [2.05, 4.69) is 21.0 Å². The fourth-order valence-electron chi connectivity index (χ4n) is 2.99. The number of rotatable bonds is 3. The molecule has 2 N–H and O–H groups in total. The van der Waals surface area contributed by atoms with Gasteiger partial charge in [0, 0.05) is 22.0 Å². The first-order chi connectivity index (χ1) is 13.0. The summed E-state index contributed by atoms with van der Waals surface area (Å²) in [7, 11) is 1.73. The zero-order valence-electron chi connectivity index (χ0n) is 14.7. The van der Waals surface area contributed by atoms with Crippen molar-refractivity contribution in [3.05, 3.63) is 63.4 Å². The summed E-state index contributed by atoms with van der Waals surface area (Å²) in [5, 5.41) is 4.49. The number of aromatic nitrogens is 4. The second kappa shape index (κ2) is 6.86. The molecule has 0 aliphatic carbocycles. The molecule has 136 valence electrons. The molecule has 2 aromatic heterocycles. The first-order valence-electron chi connectivity index (χ1n) is 8.15. The Labute approximate surface area is 168 Å². The Kier molecular flexibility index (Phi) is 4.53. The Hall–Kier alpha value is -2.58. The Morgan fingerprint density at radius 1 is 1.07 bits per heavy atom. The molecule has 27 heavy (non-hydrogen) atoms. The molecule has 0 unspecified atom stereocenters. The summed E-state index contributed by atoms with van der Waals surface area (Å²) in [6.45, 7) is 0. The van der Waals surface area contributed by atoms with Crippen LogP contribution in [0.1, 0.15) is 0 Å². The van der Waals surface area contributed by atoms with Gasteiger partial charge in [0.05, 0.1) is 5.69 Å². The monoisotopic (exact) mass is 441 g/mol. The Morgan fingerprint density at radius 2 is 1.74 bits per heavy atom. The van der Waals surface area contributed by atoms with Crippen LogP contribution in [0, 0.1) is 0 Å². The van der Waals surface area contributed by atoms with Gasteiger partial charge in [0.2, 0.25) is 0 Å². The molecule has 0 aliphatic heterocycles. The van der Waals surface area contributed by atoms with Crippen LogP contribution in [0.3, 0.4) is 0 Å². The highest BCUT2D eigenvalue weighted by Gasteiger charge is 2.19. The van der Waals surface area contributed by atoms with E-state index in [9.17, 15) is 4.79 Å². The van der Waals surface area contributed by atoms with Crippen LogP contribution in [-0.2, 0) is 7.05 Å². The highest BCUT2D eigenvalue weighted by molar-refractivity contribution is 9.10. The van der Waals surface area contributed by atoms with Crippen molar-refractivity contribution in [3.63, 3.8) is 0 Å². The summed E-state index contributed by atoms with van der Waals surface area (Å²) in [6, 6.07) is 15.5. The molecule has 0 atom stereocenters. The minimum atomic E-state index is -0.239. The van der Waals surface area contributed by atoms with Crippen molar-refractivity contribution in [1.82, 2.24) is 19.3 Å². The lowest BCUT2D eigenvalue weighted by Crippen LogP contribution is -2.22. The van der Waals surface area contributed by atoms with Crippen LogP contribution in [0.4, 0.5) is 5.82 Å². The predicted octanol–water partition coefficient (Wildman–Crippen LogP) is 3.85. The first-order valence-corrected chi connectivity index (χ1v) is 10.2. The molecule has 2 aromatic carbocycles. The third-order valence-corrected chi connectivity index (χ3v) is 5.59. The second-order valence-corrected chi connectivity index (χ2v) is 7.78. The predicted molar refractivity (Wildman–Crippen MR) is 113 cm³/mol. The molecule has 0 amide bonds. The van der Waals surface area contributed by atoms with Crippen LogP contribution in [-0.4, -0.2) is 25.6 Å². The van der Waals surface area contributed by atoms with Gasteiger partial charge in [0.15, 0.2) is 11.5 Å². The minimum Gasteiger partial charge on any atom is -0.381 e. The molecular formula is C19H16BrN5OS. The van der Waals surface area contributed by atoms with E-state index in [-0.39, 0.29) is 11.4 Å². The van der Waals surface area contributed by atoms with Crippen molar-refractivity contribution in [2.24, 2.45) is 7.05 Å². The number of hydrogen-bond donors (Lipinski definition) is 1. The number of aryl methyl sites for hydroxylation is 1. The number of fused-ring (bicyclic) bond motifs is 1. The van der Waals surface area contributed by atoms with Gasteiger partial charge in [-0.25, -0.2) is 9.67 Å². The Balaban J connectivity index is 2.08. The van der Waals surface area contributed by atoms with Crippen molar-refractivity contribution in [2.45, 2.75) is 4.90 Å². The average molecular weight is 442 g/mol. The maximum Gasteiger partial charge on any atom is 0.271 e. The molecule has 2 heterocycles. The van der Waals surface area contributed by atoms with Crippen molar-refractivity contribution >= 4 is 44.5 Å². The molecule has 0 spiro atoms. The highest BCUT2D eigenvalue weighted by atomic mass is 79.9. The average Bonchev–Trinajstić information content (AvgIpc) is 2.96. The molecule has 6 nitrogen and oxygen atoms in total. The zero-order valence-corrected chi connectivity index (χ0v) is 17.1. The molecule has 0 saturated carbocycles. The number of nitrogens with two attached hydrogens (primary N) is 1. The number of benzene rings is 2. The van der Waals surface area contributed by atoms with Crippen molar-refractivity contribution in [1.29, 1.82) is 0 Å². The standard InChI is InChI=1S/C19H16BrN5OS/c1-24-18-15(16(21)23-24)19(26)25(13-7-5-12(20)6-8-13)17(22-18)11-3-9-14(27-2)10-4-11/h3-10H,1-2H3,(H2,21,23). The lowest BCUT2D eigenvalue weighted by atomic mass is 10.2. The van der Waals surface area contributed by atoms with Gasteiger partial charge in [0.1, 0.15) is 11.2 Å². The van der Waals surface area contributed by atoms with Crippen molar-refractivity contribution in [2.75, 3.05) is 12.0 Å². The van der Waals surface area contributed by atoms with Crippen LogP contribution >= 0.6 is 27.7 Å². The van der Waals surface area contributed by atoms with Crippen molar-refractivity contribution < 1.29 is 0 Å². The molecule has 0 fully saturated rings. The van der Waals surface area contributed by atoms with E-state index in [1.54, 1.807) is 23.4 Å². The highest BCUT2D eigenvalue weighted by Crippen LogP contribution is 2.26. The molecule has 0 aliphatic rings. The van der Waals surface area contributed by atoms with Crippen LogP contribution in [0.5, 0.6) is 0 Å². The van der Waals surface area contributed by atoms with E-state index in [0.717, 1.165) is 14.9 Å². The third kappa shape index (κ3) is 3.04. The molecule has 4 rings (SSSR count). The maximum atomic E-state index is 13.3.